The summed E-state index contributed by atoms with van der Waals surface area (Å²) in [6.45, 7) is 10.4. The maximum absolute atomic E-state index is 14.1. The van der Waals surface area contributed by atoms with E-state index in [-0.39, 0.29) is 11.4 Å². The molecule has 0 saturated carbocycles. The van der Waals surface area contributed by atoms with E-state index in [1.807, 2.05) is 19.9 Å². The van der Waals surface area contributed by atoms with Crippen molar-refractivity contribution >= 4 is 11.8 Å². The molecule has 3 nitrogen and oxygen atoms in total. The number of aryl methyl sites for hydroxylation is 2. The molecule has 0 atom stereocenters. The van der Waals surface area contributed by atoms with Crippen LogP contribution in [0.4, 0.5) is 4.39 Å². The Morgan fingerprint density at radius 2 is 2.00 bits per heavy atom. The minimum Gasteiger partial charge on any atom is -0.436 e. The van der Waals surface area contributed by atoms with E-state index in [0.717, 1.165) is 16.3 Å². The lowest BCUT2D eigenvalue weighted by molar-refractivity contribution is 0.415. The molecule has 0 aliphatic heterocycles. The zero-order valence-electron chi connectivity index (χ0n) is 13.1. The van der Waals surface area contributed by atoms with Crippen LogP contribution in [0.5, 0.6) is 0 Å². The highest BCUT2D eigenvalue weighted by atomic mass is 32.2. The average molecular weight is 308 g/mol. The quantitative estimate of drug-likeness (QED) is 0.904. The van der Waals surface area contributed by atoms with Gasteiger partial charge in [-0.3, -0.25) is 0 Å². The average Bonchev–Trinajstić information content (AvgIpc) is 2.66. The van der Waals surface area contributed by atoms with Crippen molar-refractivity contribution in [3.63, 3.8) is 0 Å². The molecule has 0 bridgehead atoms. The SMILES string of the molecule is Cc1nc(Sc2cccc(F)c2CNC(C)(C)C)oc1C. The Balaban J connectivity index is 2.24. The van der Waals surface area contributed by atoms with Crippen molar-refractivity contribution in [2.45, 2.75) is 56.8 Å². The number of nitrogens with zero attached hydrogens (tertiary/aromatic N) is 1. The van der Waals surface area contributed by atoms with Crippen LogP contribution in [0.15, 0.2) is 32.7 Å². The normalized spacial score (nSPS) is 11.9. The number of halogens is 1. The van der Waals surface area contributed by atoms with Gasteiger partial charge in [0.15, 0.2) is 0 Å². The molecule has 0 aliphatic carbocycles. The largest absolute Gasteiger partial charge is 0.436 e. The Morgan fingerprint density at radius 3 is 2.57 bits per heavy atom. The molecule has 2 aromatic rings. The van der Waals surface area contributed by atoms with Crippen LogP contribution in [0.3, 0.4) is 0 Å². The number of oxazole rings is 1. The number of benzene rings is 1. The van der Waals surface area contributed by atoms with Gasteiger partial charge in [0.05, 0.1) is 5.69 Å². The van der Waals surface area contributed by atoms with Crippen LogP contribution in [-0.4, -0.2) is 10.5 Å². The van der Waals surface area contributed by atoms with Gasteiger partial charge in [0.25, 0.3) is 5.22 Å². The van der Waals surface area contributed by atoms with Crippen LogP contribution in [0.1, 0.15) is 37.8 Å². The Morgan fingerprint density at radius 1 is 1.29 bits per heavy atom. The second-order valence-corrected chi connectivity index (χ2v) is 7.04. The van der Waals surface area contributed by atoms with Gasteiger partial charge in [-0.2, -0.15) is 0 Å². The van der Waals surface area contributed by atoms with Gasteiger partial charge >= 0.3 is 0 Å². The first kappa shape index (κ1) is 16.0. The summed E-state index contributed by atoms with van der Waals surface area (Å²) < 4.78 is 19.7. The summed E-state index contributed by atoms with van der Waals surface area (Å²) in [6, 6.07) is 5.08. The minimum absolute atomic E-state index is 0.0691. The van der Waals surface area contributed by atoms with E-state index >= 15 is 0 Å². The zero-order chi connectivity index (χ0) is 15.6. The fourth-order valence-electron chi connectivity index (χ4n) is 1.74. The second kappa shape index (κ2) is 6.20. The van der Waals surface area contributed by atoms with E-state index in [0.29, 0.717) is 17.3 Å². The third-order valence-corrected chi connectivity index (χ3v) is 4.03. The highest BCUT2D eigenvalue weighted by molar-refractivity contribution is 7.99. The van der Waals surface area contributed by atoms with Crippen molar-refractivity contribution in [2.24, 2.45) is 0 Å². The number of hydrogen-bond donors (Lipinski definition) is 1. The van der Waals surface area contributed by atoms with E-state index in [1.54, 1.807) is 6.07 Å². The number of hydrogen-bond acceptors (Lipinski definition) is 4. The van der Waals surface area contributed by atoms with Gasteiger partial charge < -0.3 is 9.73 Å². The molecule has 2 rings (SSSR count). The van der Waals surface area contributed by atoms with Crippen molar-refractivity contribution in [3.8, 4) is 0 Å². The number of nitrogens with one attached hydrogen (secondary N) is 1. The minimum atomic E-state index is -0.211. The van der Waals surface area contributed by atoms with Crippen LogP contribution in [0, 0.1) is 19.7 Å². The molecular weight excluding hydrogens is 287 g/mol. The first-order chi connectivity index (χ1) is 9.76. The molecule has 0 spiro atoms. The maximum atomic E-state index is 14.1. The molecular formula is C16H21FN2OS. The summed E-state index contributed by atoms with van der Waals surface area (Å²) in [5, 5.41) is 3.87. The van der Waals surface area contributed by atoms with Crippen molar-refractivity contribution in [3.05, 3.63) is 41.0 Å². The van der Waals surface area contributed by atoms with Gasteiger partial charge in [-0.05, 0) is 58.5 Å². The summed E-state index contributed by atoms with van der Waals surface area (Å²) in [4.78, 5) is 5.17. The van der Waals surface area contributed by atoms with Crippen molar-refractivity contribution in [1.29, 1.82) is 0 Å². The number of rotatable bonds is 4. The molecule has 0 radical (unpaired) electrons. The summed E-state index contributed by atoms with van der Waals surface area (Å²) in [5.74, 6) is 0.583. The molecule has 1 N–H and O–H groups in total. The van der Waals surface area contributed by atoms with Crippen molar-refractivity contribution < 1.29 is 8.81 Å². The molecule has 1 aromatic heterocycles. The van der Waals surface area contributed by atoms with E-state index in [2.05, 4.69) is 31.1 Å². The summed E-state index contributed by atoms with van der Waals surface area (Å²) in [7, 11) is 0. The molecule has 21 heavy (non-hydrogen) atoms. The van der Waals surface area contributed by atoms with Crippen LogP contribution in [-0.2, 0) is 6.54 Å². The Hall–Kier alpha value is -1.33. The molecule has 0 aliphatic rings. The zero-order valence-corrected chi connectivity index (χ0v) is 13.9. The molecule has 0 unspecified atom stereocenters. The molecule has 1 aromatic carbocycles. The molecule has 1 heterocycles. The van der Waals surface area contributed by atoms with E-state index in [4.69, 9.17) is 4.42 Å². The van der Waals surface area contributed by atoms with Gasteiger partial charge in [-0.1, -0.05) is 6.07 Å². The van der Waals surface area contributed by atoms with E-state index < -0.39 is 0 Å². The van der Waals surface area contributed by atoms with Crippen molar-refractivity contribution in [1.82, 2.24) is 10.3 Å². The fraction of sp³-hybridized carbons (Fsp3) is 0.438. The van der Waals surface area contributed by atoms with Gasteiger partial charge in [0.1, 0.15) is 11.6 Å². The Kier molecular flexibility index (Phi) is 4.74. The fourth-order valence-corrected chi connectivity index (χ4v) is 2.72. The van der Waals surface area contributed by atoms with Crippen LogP contribution in [0.2, 0.25) is 0 Å². The summed E-state index contributed by atoms with van der Waals surface area (Å²) in [6.07, 6.45) is 0. The maximum Gasteiger partial charge on any atom is 0.261 e. The van der Waals surface area contributed by atoms with Gasteiger partial charge in [-0.25, -0.2) is 9.37 Å². The molecule has 114 valence electrons. The summed E-state index contributed by atoms with van der Waals surface area (Å²) >= 11 is 1.36. The van der Waals surface area contributed by atoms with Gasteiger partial charge in [0.2, 0.25) is 0 Å². The standard InChI is InChI=1S/C16H21FN2OS/c1-10-11(2)20-15(19-10)21-14-8-6-7-13(17)12(14)9-18-16(3,4)5/h6-8,18H,9H2,1-5H3. The Bertz CT molecular complexity index is 612. The van der Waals surface area contributed by atoms with E-state index in [9.17, 15) is 4.39 Å². The topological polar surface area (TPSA) is 38.1 Å². The van der Waals surface area contributed by atoms with Gasteiger partial charge in [-0.15, -0.1) is 0 Å². The Labute approximate surface area is 129 Å². The third kappa shape index (κ3) is 4.32. The predicted molar refractivity (Wildman–Crippen MR) is 83.1 cm³/mol. The van der Waals surface area contributed by atoms with Crippen LogP contribution in [0.25, 0.3) is 0 Å². The predicted octanol–water partition coefficient (Wildman–Crippen LogP) is 4.47. The monoisotopic (exact) mass is 308 g/mol. The first-order valence-electron chi connectivity index (χ1n) is 6.90. The van der Waals surface area contributed by atoms with Crippen LogP contribution < -0.4 is 5.32 Å². The first-order valence-corrected chi connectivity index (χ1v) is 7.72. The van der Waals surface area contributed by atoms with Crippen molar-refractivity contribution in [2.75, 3.05) is 0 Å². The molecule has 0 saturated heterocycles. The highest BCUT2D eigenvalue weighted by Gasteiger charge is 2.16. The lowest BCUT2D eigenvalue weighted by atomic mass is 10.1. The second-order valence-electron chi connectivity index (χ2n) is 6.04. The third-order valence-electron chi connectivity index (χ3n) is 3.08. The molecule has 5 heteroatoms. The van der Waals surface area contributed by atoms with Crippen LogP contribution >= 0.6 is 11.8 Å². The lowest BCUT2D eigenvalue weighted by Crippen LogP contribution is -2.35. The lowest BCUT2D eigenvalue weighted by Gasteiger charge is -2.21. The molecule has 0 amide bonds. The van der Waals surface area contributed by atoms with Gasteiger partial charge in [0, 0.05) is 22.5 Å². The highest BCUT2D eigenvalue weighted by Crippen LogP contribution is 2.32. The van der Waals surface area contributed by atoms with E-state index in [1.165, 1.54) is 17.8 Å². The number of aromatic nitrogens is 1. The summed E-state index contributed by atoms with van der Waals surface area (Å²) in [5.41, 5.74) is 1.44. The molecule has 0 fully saturated rings. The smallest absolute Gasteiger partial charge is 0.261 e.